The molecule has 1 atom stereocenters. The van der Waals surface area contributed by atoms with E-state index in [1.807, 2.05) is 0 Å². The smallest absolute Gasteiger partial charge is 0.305 e. The molecule has 0 saturated heterocycles. The van der Waals surface area contributed by atoms with Crippen molar-refractivity contribution in [2.24, 2.45) is 5.41 Å². The molecule has 0 aliphatic heterocycles. The van der Waals surface area contributed by atoms with Crippen LogP contribution in [0.4, 0.5) is 5.69 Å². The number of carboxylic acid groups (broad SMARTS) is 1. The highest BCUT2D eigenvalue weighted by Gasteiger charge is 2.14. The molecule has 156 valence electrons. The average Bonchev–Trinajstić information content (AvgIpc) is 2.61. The van der Waals surface area contributed by atoms with Crippen LogP contribution in [0.15, 0.2) is 24.3 Å². The zero-order chi connectivity index (χ0) is 21.0. The van der Waals surface area contributed by atoms with Crippen LogP contribution in [0.25, 0.3) is 0 Å². The Hall–Kier alpha value is -2.37. The number of carboxylic acids is 1. The zero-order valence-corrected chi connectivity index (χ0v) is 17.3. The summed E-state index contributed by atoms with van der Waals surface area (Å²) in [5.41, 5.74) is 2.69. The number of hydrogen-bond acceptors (Lipinski definition) is 4. The second-order valence-electron chi connectivity index (χ2n) is 8.44. The lowest BCUT2D eigenvalue weighted by Gasteiger charge is -2.20. The number of carbonyl (C=O) groups is 3. The minimum atomic E-state index is -1.10. The summed E-state index contributed by atoms with van der Waals surface area (Å²) in [5.74, 6) is -1.37. The Bertz CT molecular complexity index is 638. The largest absolute Gasteiger partial charge is 0.481 e. The van der Waals surface area contributed by atoms with Crippen molar-refractivity contribution in [3.05, 3.63) is 29.8 Å². The molecule has 0 bridgehead atoms. The molecule has 1 rings (SSSR count). The molecule has 0 heterocycles. The van der Waals surface area contributed by atoms with E-state index in [1.54, 1.807) is 0 Å². The molecule has 0 fully saturated rings. The third kappa shape index (κ3) is 11.4. The summed E-state index contributed by atoms with van der Waals surface area (Å²) in [4.78, 5) is 33.1. The first-order chi connectivity index (χ1) is 13.2. The Morgan fingerprint density at radius 1 is 1.14 bits per heavy atom. The number of unbranched alkanes of at least 4 members (excludes halogenated alkanes) is 3. The molecule has 6 nitrogen and oxygen atoms in total. The lowest BCUT2D eigenvalue weighted by molar-refractivity contribution is -0.138. The van der Waals surface area contributed by atoms with Gasteiger partial charge in [0.25, 0.3) is 0 Å². The Kier molecular flexibility index (Phi) is 10.3. The highest BCUT2D eigenvalue weighted by molar-refractivity contribution is 5.82. The number of aryl methyl sites for hydroxylation is 1. The maximum atomic E-state index is 11.7. The van der Waals surface area contributed by atoms with Gasteiger partial charge in [0.2, 0.25) is 5.91 Å². The lowest BCUT2D eigenvalue weighted by atomic mass is 9.97. The van der Waals surface area contributed by atoms with Gasteiger partial charge in [-0.25, -0.2) is 0 Å². The van der Waals surface area contributed by atoms with Crippen molar-refractivity contribution in [2.45, 2.75) is 71.8 Å². The van der Waals surface area contributed by atoms with E-state index in [2.05, 4.69) is 55.7 Å². The lowest BCUT2D eigenvalue weighted by Crippen LogP contribution is -2.37. The van der Waals surface area contributed by atoms with Gasteiger partial charge >= 0.3 is 5.97 Å². The molecule has 0 radical (unpaired) electrons. The first-order valence-corrected chi connectivity index (χ1v) is 9.99. The number of benzene rings is 1. The van der Waals surface area contributed by atoms with Crippen LogP contribution < -0.4 is 10.6 Å². The summed E-state index contributed by atoms with van der Waals surface area (Å²) < 4.78 is 0. The fourth-order valence-electron chi connectivity index (χ4n) is 2.77. The van der Waals surface area contributed by atoms with E-state index in [4.69, 9.17) is 5.11 Å². The normalized spacial score (nSPS) is 12.2. The highest BCUT2D eigenvalue weighted by atomic mass is 16.4. The number of rotatable bonds is 13. The molecule has 1 aromatic carbocycles. The molecule has 3 N–H and O–H groups in total. The average molecular weight is 391 g/mol. The van der Waals surface area contributed by atoms with Crippen LogP contribution in [0.1, 0.15) is 64.9 Å². The number of nitrogens with one attached hydrogen (secondary N) is 2. The molecular formula is C22H34N2O4. The SMILES string of the molecule is CC(C)(C)CNc1cccc(CCCCCCC(=O)NC(C=O)CC(=O)O)c1. The molecule has 0 saturated carbocycles. The van der Waals surface area contributed by atoms with Gasteiger partial charge in [0, 0.05) is 18.7 Å². The van der Waals surface area contributed by atoms with Crippen molar-refractivity contribution in [1.29, 1.82) is 0 Å². The van der Waals surface area contributed by atoms with E-state index in [9.17, 15) is 14.4 Å². The second kappa shape index (κ2) is 12.2. The number of hydrogen-bond donors (Lipinski definition) is 3. The van der Waals surface area contributed by atoms with Gasteiger partial charge in [0.1, 0.15) is 6.29 Å². The fraction of sp³-hybridized carbons (Fsp3) is 0.591. The molecule has 6 heteroatoms. The fourth-order valence-corrected chi connectivity index (χ4v) is 2.77. The van der Waals surface area contributed by atoms with Crippen LogP contribution in [0.2, 0.25) is 0 Å². The standard InChI is InChI=1S/C22H34N2O4/c1-22(2,3)16-23-18-11-8-10-17(13-18)9-6-4-5-7-12-20(26)24-19(15-25)14-21(27)28/h8,10-11,13,15,19,23H,4-7,9,12,14,16H2,1-3H3,(H,24,26)(H,27,28). The summed E-state index contributed by atoms with van der Waals surface area (Å²) in [6, 6.07) is 7.55. The van der Waals surface area contributed by atoms with Gasteiger partial charge in [-0.2, -0.15) is 0 Å². The first-order valence-electron chi connectivity index (χ1n) is 9.99. The zero-order valence-electron chi connectivity index (χ0n) is 17.3. The van der Waals surface area contributed by atoms with E-state index in [0.29, 0.717) is 12.7 Å². The van der Waals surface area contributed by atoms with Gasteiger partial charge in [-0.1, -0.05) is 45.7 Å². The van der Waals surface area contributed by atoms with E-state index in [-0.39, 0.29) is 17.7 Å². The minimum absolute atomic E-state index is 0.238. The number of aldehydes is 1. The van der Waals surface area contributed by atoms with Crippen LogP contribution in [0.3, 0.4) is 0 Å². The summed E-state index contributed by atoms with van der Waals surface area (Å²) in [5, 5.41) is 14.6. The number of amides is 1. The van der Waals surface area contributed by atoms with Crippen molar-refractivity contribution < 1.29 is 19.5 Å². The highest BCUT2D eigenvalue weighted by Crippen LogP contribution is 2.18. The van der Waals surface area contributed by atoms with Crippen LogP contribution in [0.5, 0.6) is 0 Å². The van der Waals surface area contributed by atoms with Crippen molar-refractivity contribution in [2.75, 3.05) is 11.9 Å². The third-order valence-electron chi connectivity index (χ3n) is 4.27. The second-order valence-corrected chi connectivity index (χ2v) is 8.44. The van der Waals surface area contributed by atoms with Gasteiger partial charge in [-0.05, 0) is 42.4 Å². The Balaban J connectivity index is 2.21. The van der Waals surface area contributed by atoms with Gasteiger partial charge in [-0.15, -0.1) is 0 Å². The monoisotopic (exact) mass is 390 g/mol. The number of carbonyl (C=O) groups excluding carboxylic acids is 2. The van der Waals surface area contributed by atoms with Crippen LogP contribution in [-0.4, -0.2) is 35.9 Å². The van der Waals surface area contributed by atoms with E-state index >= 15 is 0 Å². The number of aliphatic carboxylic acids is 1. The van der Waals surface area contributed by atoms with Crippen molar-refractivity contribution in [3.63, 3.8) is 0 Å². The topological polar surface area (TPSA) is 95.5 Å². The molecule has 0 aliphatic carbocycles. The van der Waals surface area contributed by atoms with E-state index in [1.165, 1.54) is 5.56 Å². The summed E-state index contributed by atoms with van der Waals surface area (Å²) >= 11 is 0. The summed E-state index contributed by atoms with van der Waals surface area (Å²) in [6.07, 6.45) is 5.16. The number of anilines is 1. The Morgan fingerprint density at radius 3 is 2.50 bits per heavy atom. The predicted octanol–water partition coefficient (Wildman–Crippen LogP) is 3.80. The Labute approximate surface area is 168 Å². The van der Waals surface area contributed by atoms with Crippen molar-refractivity contribution >= 4 is 23.9 Å². The first kappa shape index (κ1) is 23.7. The van der Waals surface area contributed by atoms with E-state index in [0.717, 1.165) is 44.3 Å². The minimum Gasteiger partial charge on any atom is -0.481 e. The quantitative estimate of drug-likeness (QED) is 0.352. The molecule has 0 aliphatic rings. The molecular weight excluding hydrogens is 356 g/mol. The molecule has 1 amide bonds. The summed E-state index contributed by atoms with van der Waals surface area (Å²) in [7, 11) is 0. The Morgan fingerprint density at radius 2 is 1.86 bits per heavy atom. The van der Waals surface area contributed by atoms with E-state index < -0.39 is 12.0 Å². The molecule has 28 heavy (non-hydrogen) atoms. The maximum Gasteiger partial charge on any atom is 0.305 e. The van der Waals surface area contributed by atoms with Crippen molar-refractivity contribution in [1.82, 2.24) is 5.32 Å². The van der Waals surface area contributed by atoms with Gasteiger partial charge in [-0.3, -0.25) is 9.59 Å². The molecule has 1 aromatic rings. The van der Waals surface area contributed by atoms with Crippen LogP contribution in [-0.2, 0) is 20.8 Å². The predicted molar refractivity (Wildman–Crippen MR) is 111 cm³/mol. The maximum absolute atomic E-state index is 11.7. The van der Waals surface area contributed by atoms with Gasteiger partial charge in [0.05, 0.1) is 12.5 Å². The molecule has 1 unspecified atom stereocenters. The van der Waals surface area contributed by atoms with Crippen LogP contribution >= 0.6 is 0 Å². The summed E-state index contributed by atoms with van der Waals surface area (Å²) in [6.45, 7) is 7.54. The molecule has 0 aromatic heterocycles. The molecule has 0 spiro atoms. The van der Waals surface area contributed by atoms with Crippen molar-refractivity contribution in [3.8, 4) is 0 Å². The van der Waals surface area contributed by atoms with Crippen LogP contribution in [0, 0.1) is 5.41 Å². The third-order valence-corrected chi connectivity index (χ3v) is 4.27. The van der Waals surface area contributed by atoms with Gasteiger partial charge in [0.15, 0.2) is 0 Å². The van der Waals surface area contributed by atoms with Gasteiger partial charge < -0.3 is 20.5 Å².